The molecule has 0 aromatic heterocycles. The Morgan fingerprint density at radius 3 is 2.59 bits per heavy atom. The number of amides is 1. The summed E-state index contributed by atoms with van der Waals surface area (Å²) in [6, 6.07) is 0. The number of nitrogens with one attached hydrogen (secondary N) is 1. The van der Waals surface area contributed by atoms with Crippen LogP contribution in [-0.2, 0) is 14.3 Å². The van der Waals surface area contributed by atoms with Gasteiger partial charge in [0.2, 0.25) is 5.91 Å². The second kappa shape index (κ2) is 8.06. The number of carboxylic acids is 1. The summed E-state index contributed by atoms with van der Waals surface area (Å²) >= 11 is 0. The molecule has 0 aromatic carbocycles. The van der Waals surface area contributed by atoms with Gasteiger partial charge in [0.05, 0.1) is 6.10 Å². The van der Waals surface area contributed by atoms with Crippen LogP contribution < -0.4 is 5.32 Å². The lowest BCUT2D eigenvalue weighted by Gasteiger charge is -2.10. The molecule has 0 heterocycles. The van der Waals surface area contributed by atoms with Crippen molar-refractivity contribution < 1.29 is 19.4 Å². The van der Waals surface area contributed by atoms with E-state index >= 15 is 0 Å². The molecule has 1 rings (SSSR count). The normalized spacial score (nSPS) is 16.0. The summed E-state index contributed by atoms with van der Waals surface area (Å²) in [5.41, 5.74) is 0. The van der Waals surface area contributed by atoms with Gasteiger partial charge in [0.1, 0.15) is 6.61 Å². The van der Waals surface area contributed by atoms with Crippen molar-refractivity contribution in [2.45, 2.75) is 51.0 Å². The van der Waals surface area contributed by atoms with E-state index in [0.717, 1.165) is 12.8 Å². The van der Waals surface area contributed by atoms with Crippen LogP contribution in [0.1, 0.15) is 44.9 Å². The molecule has 0 aromatic rings. The molecule has 5 heteroatoms. The van der Waals surface area contributed by atoms with Gasteiger partial charge in [-0.3, -0.25) is 9.59 Å². The summed E-state index contributed by atoms with van der Waals surface area (Å²) < 4.78 is 5.45. The first-order valence-corrected chi connectivity index (χ1v) is 6.28. The number of carbonyl (C=O) groups is 2. The van der Waals surface area contributed by atoms with Gasteiger partial charge in [-0.05, 0) is 25.7 Å². The molecule has 5 nitrogen and oxygen atoms in total. The van der Waals surface area contributed by atoms with Crippen molar-refractivity contribution in [1.29, 1.82) is 0 Å². The zero-order chi connectivity index (χ0) is 12.5. The Labute approximate surface area is 102 Å². The average molecular weight is 243 g/mol. The fourth-order valence-electron chi connectivity index (χ4n) is 1.93. The first kappa shape index (κ1) is 14.0. The molecule has 0 saturated heterocycles. The number of ether oxygens (including phenoxy) is 1. The SMILES string of the molecule is O=C(O)CCCCNC(=O)COC1CCCC1. The van der Waals surface area contributed by atoms with Crippen molar-refractivity contribution >= 4 is 11.9 Å². The Kier molecular flexibility index (Phi) is 6.62. The summed E-state index contributed by atoms with van der Waals surface area (Å²) in [5.74, 6) is -0.895. The van der Waals surface area contributed by atoms with Crippen molar-refractivity contribution in [3.05, 3.63) is 0 Å². The van der Waals surface area contributed by atoms with Crippen LogP contribution >= 0.6 is 0 Å². The summed E-state index contributed by atoms with van der Waals surface area (Å²) in [7, 11) is 0. The molecule has 0 spiro atoms. The number of aliphatic carboxylic acids is 1. The highest BCUT2D eigenvalue weighted by Gasteiger charge is 2.16. The van der Waals surface area contributed by atoms with Gasteiger partial charge in [-0.2, -0.15) is 0 Å². The number of unbranched alkanes of at least 4 members (excludes halogenated alkanes) is 1. The molecule has 1 saturated carbocycles. The van der Waals surface area contributed by atoms with E-state index in [9.17, 15) is 9.59 Å². The van der Waals surface area contributed by atoms with Gasteiger partial charge in [0.25, 0.3) is 0 Å². The lowest BCUT2D eigenvalue weighted by Crippen LogP contribution is -2.30. The van der Waals surface area contributed by atoms with Crippen molar-refractivity contribution in [3.8, 4) is 0 Å². The molecule has 1 aliphatic rings. The van der Waals surface area contributed by atoms with Crippen LogP contribution in [0.3, 0.4) is 0 Å². The quantitative estimate of drug-likeness (QED) is 0.630. The van der Waals surface area contributed by atoms with Crippen LogP contribution in [0, 0.1) is 0 Å². The van der Waals surface area contributed by atoms with E-state index in [1.165, 1.54) is 12.8 Å². The fourth-order valence-corrected chi connectivity index (χ4v) is 1.93. The predicted molar refractivity (Wildman–Crippen MR) is 62.7 cm³/mol. The van der Waals surface area contributed by atoms with E-state index in [4.69, 9.17) is 9.84 Å². The smallest absolute Gasteiger partial charge is 0.303 e. The van der Waals surface area contributed by atoms with Crippen molar-refractivity contribution in [1.82, 2.24) is 5.32 Å². The molecule has 0 aliphatic heterocycles. The van der Waals surface area contributed by atoms with Crippen LogP contribution in [-0.4, -0.2) is 36.2 Å². The zero-order valence-corrected chi connectivity index (χ0v) is 10.1. The molecule has 1 amide bonds. The van der Waals surface area contributed by atoms with E-state index in [2.05, 4.69) is 5.32 Å². The highest BCUT2D eigenvalue weighted by atomic mass is 16.5. The lowest BCUT2D eigenvalue weighted by molar-refractivity contribution is -0.137. The van der Waals surface area contributed by atoms with E-state index < -0.39 is 5.97 Å². The van der Waals surface area contributed by atoms with Crippen LogP contribution in [0.15, 0.2) is 0 Å². The van der Waals surface area contributed by atoms with Crippen LogP contribution in [0.5, 0.6) is 0 Å². The third-order valence-corrected chi connectivity index (χ3v) is 2.89. The molecule has 0 bridgehead atoms. The van der Waals surface area contributed by atoms with E-state index in [-0.39, 0.29) is 25.0 Å². The topological polar surface area (TPSA) is 75.6 Å². The Bertz CT molecular complexity index is 249. The van der Waals surface area contributed by atoms with Gasteiger partial charge in [0, 0.05) is 13.0 Å². The molecule has 1 aliphatic carbocycles. The van der Waals surface area contributed by atoms with Crippen LogP contribution in [0.2, 0.25) is 0 Å². The van der Waals surface area contributed by atoms with Crippen molar-refractivity contribution in [2.24, 2.45) is 0 Å². The molecule has 17 heavy (non-hydrogen) atoms. The minimum absolute atomic E-state index is 0.104. The Hall–Kier alpha value is -1.10. The second-order valence-electron chi connectivity index (χ2n) is 4.42. The van der Waals surface area contributed by atoms with E-state index in [0.29, 0.717) is 19.4 Å². The predicted octanol–water partition coefficient (Wildman–Crippen LogP) is 1.32. The summed E-state index contributed by atoms with van der Waals surface area (Å²) in [5, 5.41) is 11.1. The number of hydrogen-bond acceptors (Lipinski definition) is 3. The fraction of sp³-hybridized carbons (Fsp3) is 0.833. The average Bonchev–Trinajstić information content (AvgIpc) is 2.78. The maximum absolute atomic E-state index is 11.3. The largest absolute Gasteiger partial charge is 0.481 e. The number of carboxylic acid groups (broad SMARTS) is 1. The maximum Gasteiger partial charge on any atom is 0.303 e. The monoisotopic (exact) mass is 243 g/mol. The molecule has 0 unspecified atom stereocenters. The summed E-state index contributed by atoms with van der Waals surface area (Å²) in [4.78, 5) is 21.6. The standard InChI is InChI=1S/C12H21NO4/c14-11(9-17-10-5-1-2-6-10)13-8-4-3-7-12(15)16/h10H,1-9H2,(H,13,14)(H,15,16). The molecule has 1 fully saturated rings. The summed E-state index contributed by atoms with van der Waals surface area (Å²) in [6.07, 6.45) is 6.23. The van der Waals surface area contributed by atoms with E-state index in [1.807, 2.05) is 0 Å². The first-order chi connectivity index (χ1) is 8.18. The Balaban J connectivity index is 1.92. The molecule has 2 N–H and O–H groups in total. The Morgan fingerprint density at radius 2 is 1.94 bits per heavy atom. The molecule has 98 valence electrons. The zero-order valence-electron chi connectivity index (χ0n) is 10.1. The minimum Gasteiger partial charge on any atom is -0.481 e. The van der Waals surface area contributed by atoms with Gasteiger partial charge in [-0.1, -0.05) is 12.8 Å². The van der Waals surface area contributed by atoms with Gasteiger partial charge in [0.15, 0.2) is 0 Å². The van der Waals surface area contributed by atoms with Gasteiger partial charge >= 0.3 is 5.97 Å². The Morgan fingerprint density at radius 1 is 1.24 bits per heavy atom. The van der Waals surface area contributed by atoms with Gasteiger partial charge in [-0.15, -0.1) is 0 Å². The maximum atomic E-state index is 11.3. The molecule has 0 atom stereocenters. The van der Waals surface area contributed by atoms with Crippen molar-refractivity contribution in [2.75, 3.05) is 13.2 Å². The molecule has 0 radical (unpaired) electrons. The van der Waals surface area contributed by atoms with Crippen molar-refractivity contribution in [3.63, 3.8) is 0 Å². The first-order valence-electron chi connectivity index (χ1n) is 6.28. The molecular formula is C12H21NO4. The van der Waals surface area contributed by atoms with Gasteiger partial charge < -0.3 is 15.2 Å². The minimum atomic E-state index is -0.791. The summed E-state index contributed by atoms with van der Waals surface area (Å²) in [6.45, 7) is 0.656. The number of hydrogen-bond donors (Lipinski definition) is 2. The molecular weight excluding hydrogens is 222 g/mol. The van der Waals surface area contributed by atoms with Crippen LogP contribution in [0.25, 0.3) is 0 Å². The lowest BCUT2D eigenvalue weighted by atomic mass is 10.2. The third kappa shape index (κ3) is 6.94. The third-order valence-electron chi connectivity index (χ3n) is 2.89. The highest BCUT2D eigenvalue weighted by Crippen LogP contribution is 2.20. The van der Waals surface area contributed by atoms with Gasteiger partial charge in [-0.25, -0.2) is 0 Å². The highest BCUT2D eigenvalue weighted by molar-refractivity contribution is 5.77. The second-order valence-corrected chi connectivity index (χ2v) is 4.42. The van der Waals surface area contributed by atoms with E-state index in [1.54, 1.807) is 0 Å². The number of carbonyl (C=O) groups excluding carboxylic acids is 1. The number of rotatable bonds is 8. The van der Waals surface area contributed by atoms with Crippen LogP contribution in [0.4, 0.5) is 0 Å².